The van der Waals surface area contributed by atoms with Gasteiger partial charge in [-0.05, 0) is 94.2 Å². The number of aromatic nitrogens is 2. The quantitative estimate of drug-likeness (QED) is 0.102. The lowest BCUT2D eigenvalue weighted by Crippen LogP contribution is -2.41. The molecule has 53 heavy (non-hydrogen) atoms. The molecule has 1 amide bonds. The molecule has 284 valence electrons. The smallest absolute Gasteiger partial charge is 0.416 e. The van der Waals surface area contributed by atoms with E-state index in [0.29, 0.717) is 107 Å². The number of amides is 1. The van der Waals surface area contributed by atoms with Gasteiger partial charge in [0, 0.05) is 43.1 Å². The molecule has 2 aliphatic heterocycles. The van der Waals surface area contributed by atoms with E-state index in [9.17, 15) is 22.8 Å². The number of fused-ring (bicyclic) bond motifs is 1. The van der Waals surface area contributed by atoms with Crippen LogP contribution >= 0.6 is 0 Å². The summed E-state index contributed by atoms with van der Waals surface area (Å²) in [4.78, 5) is 36.6. The molecule has 0 spiro atoms. The van der Waals surface area contributed by atoms with Gasteiger partial charge in [-0.3, -0.25) is 9.59 Å². The van der Waals surface area contributed by atoms with Crippen molar-refractivity contribution in [2.75, 3.05) is 67.3 Å². The fourth-order valence-electron chi connectivity index (χ4n) is 7.79. The Morgan fingerprint density at radius 2 is 1.58 bits per heavy atom. The number of piperidine rings is 1. The summed E-state index contributed by atoms with van der Waals surface area (Å²) in [5.41, 5.74) is 1.54. The maximum Gasteiger partial charge on any atom is 0.416 e. The topological polar surface area (TPSA) is 95.4 Å². The van der Waals surface area contributed by atoms with Gasteiger partial charge in [0.15, 0.2) is 17.3 Å². The number of likely N-dealkylation sites (tertiary alicyclic amines) is 2. The Hall–Kier alpha value is -4.62. The molecule has 3 heterocycles. The summed E-state index contributed by atoms with van der Waals surface area (Å²) in [5, 5.41) is 0. The number of para-hydroxylation sites is 2. The van der Waals surface area contributed by atoms with Crippen molar-refractivity contribution in [1.82, 2.24) is 19.4 Å². The molecule has 2 saturated heterocycles. The molecule has 0 radical (unpaired) electrons. The van der Waals surface area contributed by atoms with Crippen LogP contribution in [0.15, 0.2) is 60.7 Å². The van der Waals surface area contributed by atoms with Crippen molar-refractivity contribution >= 4 is 22.7 Å². The largest absolute Gasteiger partial charge is 0.493 e. The molecule has 6 rings (SSSR count). The first-order valence-corrected chi connectivity index (χ1v) is 18.1. The minimum Gasteiger partial charge on any atom is -0.493 e. The number of rotatable bonds is 14. The predicted molar refractivity (Wildman–Crippen MR) is 194 cm³/mol. The number of hydrogen-bond donors (Lipinski definition) is 0. The van der Waals surface area contributed by atoms with Crippen LogP contribution in [0.5, 0.6) is 17.2 Å². The van der Waals surface area contributed by atoms with Crippen molar-refractivity contribution in [3.63, 3.8) is 0 Å². The first-order chi connectivity index (χ1) is 25.5. The van der Waals surface area contributed by atoms with E-state index in [2.05, 4.69) is 4.90 Å². The number of alkyl halides is 3. The Morgan fingerprint density at radius 1 is 0.906 bits per heavy atom. The van der Waals surface area contributed by atoms with Crippen molar-refractivity contribution in [2.45, 2.75) is 50.7 Å². The number of hydrogen-bond acceptors (Lipinski definition) is 8. The third-order valence-electron chi connectivity index (χ3n) is 10.8. The first kappa shape index (κ1) is 38.1. The fraction of sp³-hybridized carbons (Fsp3) is 0.475. The molecule has 2 fully saturated rings. The van der Waals surface area contributed by atoms with Gasteiger partial charge in [0.05, 0.1) is 44.5 Å². The number of methoxy groups -OCH3 is 3. The molecule has 13 heteroatoms. The number of halogens is 3. The monoisotopic (exact) mass is 736 g/mol. The van der Waals surface area contributed by atoms with E-state index in [0.717, 1.165) is 28.7 Å². The molecule has 0 bridgehead atoms. The zero-order valence-electron chi connectivity index (χ0n) is 30.7. The maximum absolute atomic E-state index is 13.9. The van der Waals surface area contributed by atoms with E-state index in [1.807, 2.05) is 35.8 Å². The predicted octanol–water partition coefficient (Wildman–Crippen LogP) is 6.89. The summed E-state index contributed by atoms with van der Waals surface area (Å²) in [6, 6.07) is 16.3. The molecule has 1 aromatic heterocycles. The van der Waals surface area contributed by atoms with Gasteiger partial charge >= 0.3 is 6.18 Å². The third-order valence-corrected chi connectivity index (χ3v) is 10.8. The first-order valence-electron chi connectivity index (χ1n) is 18.1. The molecule has 2 aliphatic rings. The molecule has 1 atom stereocenters. The third kappa shape index (κ3) is 8.01. The molecule has 0 N–H and O–H groups in total. The number of benzene rings is 3. The van der Waals surface area contributed by atoms with Crippen molar-refractivity contribution in [1.29, 1.82) is 0 Å². The van der Waals surface area contributed by atoms with Gasteiger partial charge in [-0.2, -0.15) is 13.2 Å². The molecule has 1 unspecified atom stereocenters. The zero-order chi connectivity index (χ0) is 37.8. The van der Waals surface area contributed by atoms with E-state index in [1.54, 1.807) is 29.2 Å². The van der Waals surface area contributed by atoms with Crippen molar-refractivity contribution in [3.05, 3.63) is 83.2 Å². The van der Waals surface area contributed by atoms with E-state index >= 15 is 0 Å². The van der Waals surface area contributed by atoms with Crippen LogP contribution in [0.2, 0.25) is 0 Å². The number of carbonyl (C=O) groups is 2. The average molecular weight is 737 g/mol. The Kier molecular flexibility index (Phi) is 11.6. The normalized spacial score (nSPS) is 18.4. The highest BCUT2D eigenvalue weighted by atomic mass is 19.4. The van der Waals surface area contributed by atoms with E-state index < -0.39 is 17.2 Å². The second-order valence-electron chi connectivity index (χ2n) is 13.7. The number of imidazole rings is 1. The fourth-order valence-corrected chi connectivity index (χ4v) is 7.79. The number of Topliss-reactive ketones (excluding diaryl/α,β-unsaturated/α-hetero) is 1. The lowest BCUT2D eigenvalue weighted by Gasteiger charge is -2.36. The standard InChI is InChI=1S/C40H47F3N4O6/c1-5-53-23-22-47-32-9-7-6-8-31(32)44-37(47)35(48)27-14-18-45(19-15-27)20-16-39(29-10-12-30(13-11-29)40(41,42)43)17-21-46(26-39)38(49)28-24-33(50-2)36(52-4)34(25-28)51-3/h6-13,24-25,27H,5,14-23,26H2,1-4H3. The highest BCUT2D eigenvalue weighted by Crippen LogP contribution is 2.42. The minimum atomic E-state index is -4.45. The van der Waals surface area contributed by atoms with Crippen molar-refractivity contribution in [3.8, 4) is 17.2 Å². The van der Waals surface area contributed by atoms with Crippen LogP contribution in [-0.4, -0.2) is 98.3 Å². The summed E-state index contributed by atoms with van der Waals surface area (Å²) < 4.78 is 64.5. The van der Waals surface area contributed by atoms with E-state index in [1.165, 1.54) is 21.3 Å². The summed E-state index contributed by atoms with van der Waals surface area (Å²) in [6.45, 7) is 6.40. The number of carbonyl (C=O) groups excluding carboxylic acids is 2. The highest BCUT2D eigenvalue weighted by Gasteiger charge is 2.43. The maximum atomic E-state index is 13.9. The molecule has 0 saturated carbocycles. The van der Waals surface area contributed by atoms with E-state index in [-0.39, 0.29) is 17.6 Å². The summed E-state index contributed by atoms with van der Waals surface area (Å²) in [7, 11) is 4.45. The summed E-state index contributed by atoms with van der Waals surface area (Å²) >= 11 is 0. The Morgan fingerprint density at radius 3 is 2.21 bits per heavy atom. The Bertz CT molecular complexity index is 1880. The summed E-state index contributed by atoms with van der Waals surface area (Å²) in [6.07, 6.45) is -1.89. The van der Waals surface area contributed by atoms with Gasteiger partial charge in [0.2, 0.25) is 11.5 Å². The van der Waals surface area contributed by atoms with Crippen LogP contribution < -0.4 is 14.2 Å². The van der Waals surface area contributed by atoms with Gasteiger partial charge in [0.25, 0.3) is 5.91 Å². The highest BCUT2D eigenvalue weighted by molar-refractivity contribution is 5.98. The van der Waals surface area contributed by atoms with Gasteiger partial charge in [-0.25, -0.2) is 4.98 Å². The van der Waals surface area contributed by atoms with E-state index in [4.69, 9.17) is 23.9 Å². The number of ether oxygens (including phenoxy) is 4. The molecule has 10 nitrogen and oxygen atoms in total. The van der Waals surface area contributed by atoms with Crippen LogP contribution in [0.1, 0.15) is 64.7 Å². The molecule has 3 aromatic carbocycles. The second kappa shape index (κ2) is 16.2. The van der Waals surface area contributed by atoms with Crippen LogP contribution in [-0.2, 0) is 22.9 Å². The summed E-state index contributed by atoms with van der Waals surface area (Å²) in [5.74, 6) is 1.18. The average Bonchev–Trinajstić information content (AvgIpc) is 3.79. The molecular formula is C40H47F3N4O6. The van der Waals surface area contributed by atoms with Crippen LogP contribution in [0.3, 0.4) is 0 Å². The second-order valence-corrected chi connectivity index (χ2v) is 13.7. The van der Waals surface area contributed by atoms with Gasteiger partial charge in [0.1, 0.15) is 0 Å². The lowest BCUT2D eigenvalue weighted by atomic mass is 9.76. The lowest BCUT2D eigenvalue weighted by molar-refractivity contribution is -0.137. The molecule has 0 aliphatic carbocycles. The Balaban J connectivity index is 1.17. The number of nitrogens with zero attached hydrogens (tertiary/aromatic N) is 4. The van der Waals surface area contributed by atoms with Crippen LogP contribution in [0.25, 0.3) is 11.0 Å². The Labute approximate surface area is 307 Å². The van der Waals surface area contributed by atoms with Gasteiger partial charge in [-0.15, -0.1) is 0 Å². The van der Waals surface area contributed by atoms with Gasteiger partial charge < -0.3 is 33.3 Å². The molecule has 4 aromatic rings. The van der Waals surface area contributed by atoms with Gasteiger partial charge in [-0.1, -0.05) is 24.3 Å². The number of ketones is 1. The molecular weight excluding hydrogens is 689 g/mol. The zero-order valence-corrected chi connectivity index (χ0v) is 30.7. The van der Waals surface area contributed by atoms with Crippen molar-refractivity contribution < 1.29 is 41.7 Å². The van der Waals surface area contributed by atoms with Crippen LogP contribution in [0, 0.1) is 5.92 Å². The minimum absolute atomic E-state index is 0.0373. The van der Waals surface area contributed by atoms with Crippen LogP contribution in [0.4, 0.5) is 13.2 Å². The van der Waals surface area contributed by atoms with Crippen molar-refractivity contribution in [2.24, 2.45) is 5.92 Å². The SMILES string of the molecule is CCOCCn1c(C(=O)C2CCN(CCC3(c4ccc(C(F)(F)F)cc4)CCN(C(=O)c4cc(OC)c(OC)c(OC)c4)C3)CC2)nc2ccccc21.